The fourth-order valence-electron chi connectivity index (χ4n) is 4.58. The topological polar surface area (TPSA) is 57.0 Å². The number of hydrogen-bond donors (Lipinski definition) is 0. The third-order valence-electron chi connectivity index (χ3n) is 6.19. The van der Waals surface area contributed by atoms with Crippen LogP contribution in [0.3, 0.4) is 0 Å². The Morgan fingerprint density at radius 1 is 1.03 bits per heavy atom. The van der Waals surface area contributed by atoms with Gasteiger partial charge >= 0.3 is 0 Å². The highest BCUT2D eigenvalue weighted by Gasteiger charge is 2.24. The van der Waals surface area contributed by atoms with Crippen molar-refractivity contribution in [3.8, 4) is 10.9 Å². The number of rotatable bonds is 8. The fourth-order valence-corrected chi connectivity index (χ4v) is 5.09. The van der Waals surface area contributed by atoms with Gasteiger partial charge in [-0.3, -0.25) is 14.3 Å². The number of carbonyl (C=O) groups is 1. The Balaban J connectivity index is 1.58. The molecule has 3 heterocycles. The molecular formula is C29H25F2N3O2S. The first-order valence-corrected chi connectivity index (χ1v) is 12.9. The van der Waals surface area contributed by atoms with E-state index in [4.69, 9.17) is 4.74 Å². The van der Waals surface area contributed by atoms with Crippen LogP contribution in [-0.4, -0.2) is 20.4 Å². The first-order chi connectivity index (χ1) is 17.9. The third kappa shape index (κ3) is 5.29. The second kappa shape index (κ2) is 10.6. The molecule has 0 saturated carbocycles. The summed E-state index contributed by atoms with van der Waals surface area (Å²) >= 11 is 1.38. The number of aryl methyl sites for hydroxylation is 1. The van der Waals surface area contributed by atoms with Crippen LogP contribution in [0.5, 0.6) is 10.9 Å². The Morgan fingerprint density at radius 2 is 1.89 bits per heavy atom. The maximum Gasteiger partial charge on any atom is 0.278 e. The van der Waals surface area contributed by atoms with Gasteiger partial charge in [0.1, 0.15) is 5.75 Å². The molecule has 3 aromatic heterocycles. The number of carbonyl (C=O) groups excluding carboxylic acids is 1. The first-order valence-electron chi connectivity index (χ1n) is 12.0. The predicted molar refractivity (Wildman–Crippen MR) is 141 cm³/mol. The van der Waals surface area contributed by atoms with Crippen LogP contribution in [0.2, 0.25) is 0 Å². The van der Waals surface area contributed by atoms with Gasteiger partial charge in [-0.15, -0.1) is 0 Å². The first kappa shape index (κ1) is 24.8. The molecule has 188 valence electrons. The second-order valence-electron chi connectivity index (χ2n) is 9.07. The van der Waals surface area contributed by atoms with E-state index in [0.717, 1.165) is 40.0 Å². The molecule has 2 aromatic carbocycles. The fraction of sp³-hybridized carbons (Fsp3) is 0.207. The smallest absolute Gasteiger partial charge is 0.278 e. The molecule has 8 heteroatoms. The standard InChI is InChI=1S/C29H25F2N3O2S/c1-18(2)28-23(16-20-5-3-4-12-32-20)22-9-8-21(36-29-33-13-14-37-29)17-26(22)34(28)27(35)11-7-19-6-10-24(30)25(31)15-19/h3-6,8-10,12-15,17-18H,7,11,16H2,1-2H3. The van der Waals surface area contributed by atoms with E-state index in [-0.39, 0.29) is 24.7 Å². The lowest BCUT2D eigenvalue weighted by molar-refractivity contribution is 0.0904. The molecule has 0 saturated heterocycles. The molecular weight excluding hydrogens is 492 g/mol. The molecule has 0 aliphatic heterocycles. The number of fused-ring (bicyclic) bond motifs is 1. The third-order valence-corrected chi connectivity index (χ3v) is 6.84. The molecule has 0 radical (unpaired) electrons. The maximum atomic E-state index is 13.7. The van der Waals surface area contributed by atoms with Gasteiger partial charge in [0.2, 0.25) is 5.91 Å². The summed E-state index contributed by atoms with van der Waals surface area (Å²) in [7, 11) is 0. The summed E-state index contributed by atoms with van der Waals surface area (Å²) < 4.78 is 34.8. The Kier molecular flexibility index (Phi) is 7.10. The summed E-state index contributed by atoms with van der Waals surface area (Å²) in [5.41, 5.74) is 4.14. The van der Waals surface area contributed by atoms with Gasteiger partial charge in [-0.25, -0.2) is 13.8 Å². The van der Waals surface area contributed by atoms with Crippen LogP contribution in [0.15, 0.2) is 72.4 Å². The van der Waals surface area contributed by atoms with Crippen LogP contribution in [-0.2, 0) is 12.8 Å². The maximum absolute atomic E-state index is 13.7. The Bertz CT molecular complexity index is 1550. The van der Waals surface area contributed by atoms with Crippen molar-refractivity contribution in [2.75, 3.05) is 0 Å². The van der Waals surface area contributed by atoms with E-state index in [1.54, 1.807) is 17.0 Å². The van der Waals surface area contributed by atoms with Crippen LogP contribution >= 0.6 is 11.3 Å². The summed E-state index contributed by atoms with van der Waals surface area (Å²) in [4.78, 5) is 22.4. The second-order valence-corrected chi connectivity index (χ2v) is 9.93. The minimum atomic E-state index is -0.916. The Labute approximate surface area is 217 Å². The van der Waals surface area contributed by atoms with Gasteiger partial charge in [-0.05, 0) is 59.9 Å². The molecule has 0 bridgehead atoms. The monoisotopic (exact) mass is 517 g/mol. The zero-order valence-electron chi connectivity index (χ0n) is 20.4. The lowest BCUT2D eigenvalue weighted by atomic mass is 9.99. The summed E-state index contributed by atoms with van der Waals surface area (Å²) in [6.45, 7) is 4.12. The molecule has 5 nitrogen and oxygen atoms in total. The molecule has 0 amide bonds. The van der Waals surface area contributed by atoms with Crippen molar-refractivity contribution in [3.05, 3.63) is 107 Å². The Hall–Kier alpha value is -3.91. The van der Waals surface area contributed by atoms with E-state index >= 15 is 0 Å². The van der Waals surface area contributed by atoms with Gasteiger partial charge < -0.3 is 4.74 Å². The van der Waals surface area contributed by atoms with Gasteiger partial charge in [0.15, 0.2) is 11.6 Å². The average molecular weight is 518 g/mol. The molecule has 0 aliphatic rings. The van der Waals surface area contributed by atoms with Gasteiger partial charge in [-0.2, -0.15) is 0 Å². The van der Waals surface area contributed by atoms with Gasteiger partial charge in [-0.1, -0.05) is 37.3 Å². The van der Waals surface area contributed by atoms with Crippen molar-refractivity contribution in [2.24, 2.45) is 0 Å². The molecule has 0 aliphatic carbocycles. The highest BCUT2D eigenvalue weighted by molar-refractivity contribution is 7.11. The van der Waals surface area contributed by atoms with Gasteiger partial charge in [0.25, 0.3) is 5.19 Å². The minimum absolute atomic E-state index is 0.0432. The van der Waals surface area contributed by atoms with Crippen LogP contribution in [0, 0.1) is 11.6 Å². The van der Waals surface area contributed by atoms with E-state index in [1.165, 1.54) is 17.4 Å². The molecule has 0 spiro atoms. The van der Waals surface area contributed by atoms with Crippen LogP contribution < -0.4 is 4.74 Å². The van der Waals surface area contributed by atoms with E-state index in [2.05, 4.69) is 23.8 Å². The Morgan fingerprint density at radius 3 is 2.59 bits per heavy atom. The van der Waals surface area contributed by atoms with Gasteiger partial charge in [0, 0.05) is 53.5 Å². The highest BCUT2D eigenvalue weighted by atomic mass is 32.1. The zero-order valence-corrected chi connectivity index (χ0v) is 21.3. The van der Waals surface area contributed by atoms with Crippen molar-refractivity contribution >= 4 is 28.1 Å². The van der Waals surface area contributed by atoms with Crippen LogP contribution in [0.1, 0.15) is 53.5 Å². The number of aromatic nitrogens is 3. The predicted octanol–water partition coefficient (Wildman–Crippen LogP) is 7.55. The quantitative estimate of drug-likeness (QED) is 0.213. The molecule has 0 N–H and O–H groups in total. The van der Waals surface area contributed by atoms with Crippen molar-refractivity contribution in [1.82, 2.24) is 14.5 Å². The molecule has 0 fully saturated rings. The van der Waals surface area contributed by atoms with E-state index in [0.29, 0.717) is 22.9 Å². The lowest BCUT2D eigenvalue weighted by Gasteiger charge is -2.14. The van der Waals surface area contributed by atoms with Crippen LogP contribution in [0.4, 0.5) is 8.78 Å². The summed E-state index contributed by atoms with van der Waals surface area (Å²) in [5, 5.41) is 3.29. The largest absolute Gasteiger partial charge is 0.431 e. The molecule has 0 unspecified atom stereocenters. The number of ether oxygens (including phenoxy) is 1. The van der Waals surface area contributed by atoms with Crippen molar-refractivity contribution in [3.63, 3.8) is 0 Å². The molecule has 37 heavy (non-hydrogen) atoms. The average Bonchev–Trinajstić information content (AvgIpc) is 3.51. The summed E-state index contributed by atoms with van der Waals surface area (Å²) in [5.74, 6) is -1.32. The van der Waals surface area contributed by atoms with E-state index in [9.17, 15) is 13.6 Å². The highest BCUT2D eigenvalue weighted by Crippen LogP contribution is 2.36. The number of nitrogens with zero attached hydrogens (tertiary/aromatic N) is 3. The van der Waals surface area contributed by atoms with E-state index < -0.39 is 11.6 Å². The van der Waals surface area contributed by atoms with E-state index in [1.807, 2.05) is 41.8 Å². The van der Waals surface area contributed by atoms with Gasteiger partial charge in [0.05, 0.1) is 5.52 Å². The molecule has 5 rings (SSSR count). The normalized spacial score (nSPS) is 11.4. The summed E-state index contributed by atoms with van der Waals surface area (Å²) in [6.07, 6.45) is 4.43. The molecule has 0 atom stereocenters. The number of halogens is 2. The molecule has 5 aromatic rings. The number of pyridine rings is 1. The number of hydrogen-bond acceptors (Lipinski definition) is 5. The zero-order chi connectivity index (χ0) is 25.9. The SMILES string of the molecule is CC(C)c1c(Cc2ccccn2)c2ccc(Oc3nccs3)cc2n1C(=O)CCc1ccc(F)c(F)c1. The van der Waals surface area contributed by atoms with Crippen LogP contribution in [0.25, 0.3) is 10.9 Å². The number of benzene rings is 2. The van der Waals surface area contributed by atoms with Crippen molar-refractivity contribution < 1.29 is 18.3 Å². The van der Waals surface area contributed by atoms with Crippen molar-refractivity contribution in [2.45, 2.75) is 39.0 Å². The summed E-state index contributed by atoms with van der Waals surface area (Å²) in [6, 6.07) is 15.3. The number of thiazole rings is 1. The van der Waals surface area contributed by atoms with Crippen molar-refractivity contribution in [1.29, 1.82) is 0 Å². The minimum Gasteiger partial charge on any atom is -0.431 e. The lowest BCUT2D eigenvalue weighted by Crippen LogP contribution is -2.16.